The molecule has 43 heavy (non-hydrogen) atoms. The van der Waals surface area contributed by atoms with Gasteiger partial charge in [0, 0.05) is 25.2 Å². The fourth-order valence-corrected chi connectivity index (χ4v) is 3.96. The molecule has 0 spiro atoms. The molecule has 13 nitrogen and oxygen atoms in total. The third-order valence-corrected chi connectivity index (χ3v) is 6.12. The minimum Gasteiger partial charge on any atom is -0.444 e. The molecule has 0 aliphatic rings. The number of alkyl carbamates (subject to hydrolysis) is 1. The van der Waals surface area contributed by atoms with Gasteiger partial charge in [0.25, 0.3) is 5.91 Å². The Morgan fingerprint density at radius 2 is 1.51 bits per heavy atom. The van der Waals surface area contributed by atoms with Crippen LogP contribution < -0.4 is 27.2 Å². The summed E-state index contributed by atoms with van der Waals surface area (Å²) in [7, 11) is 0. The van der Waals surface area contributed by atoms with Crippen LogP contribution in [0.4, 0.5) is 9.59 Å². The molecule has 0 aliphatic heterocycles. The van der Waals surface area contributed by atoms with E-state index < -0.39 is 47.3 Å². The fourth-order valence-electron chi connectivity index (χ4n) is 3.96. The lowest BCUT2D eigenvalue weighted by Crippen LogP contribution is -2.57. The van der Waals surface area contributed by atoms with Gasteiger partial charge in [-0.25, -0.2) is 25.0 Å². The van der Waals surface area contributed by atoms with E-state index in [0.29, 0.717) is 12.1 Å². The molecule has 3 atom stereocenters. The number of rotatable bonds is 12. The lowest BCUT2D eigenvalue weighted by molar-refractivity contribution is -0.130. The Morgan fingerprint density at radius 3 is 2.07 bits per heavy atom. The van der Waals surface area contributed by atoms with Crippen LogP contribution in [0.2, 0.25) is 0 Å². The van der Waals surface area contributed by atoms with Gasteiger partial charge in [-0.05, 0) is 59.4 Å². The summed E-state index contributed by atoms with van der Waals surface area (Å²) in [6, 6.07) is 7.22. The molecule has 2 rings (SSSR count). The van der Waals surface area contributed by atoms with Crippen molar-refractivity contribution in [2.75, 3.05) is 6.54 Å². The number of amides is 3. The molecule has 238 valence electrons. The minimum atomic E-state index is -1.08. The zero-order valence-electron chi connectivity index (χ0n) is 26.4. The van der Waals surface area contributed by atoms with Gasteiger partial charge >= 0.3 is 12.2 Å². The van der Waals surface area contributed by atoms with Gasteiger partial charge in [0.05, 0.1) is 11.7 Å². The molecule has 1 aromatic carbocycles. The summed E-state index contributed by atoms with van der Waals surface area (Å²) < 4.78 is 11.9. The number of aromatic nitrogens is 2. The maximum absolute atomic E-state index is 13.6. The van der Waals surface area contributed by atoms with Gasteiger partial charge in [-0.15, -0.1) is 0 Å². The number of nitrogens with one attached hydrogen (secondary N) is 4. The van der Waals surface area contributed by atoms with E-state index in [4.69, 9.17) is 15.3 Å². The van der Waals surface area contributed by atoms with Crippen LogP contribution in [0.5, 0.6) is 0 Å². The Labute approximate surface area is 253 Å². The number of nitrogens with two attached hydrogens (primary N) is 1. The van der Waals surface area contributed by atoms with Gasteiger partial charge in [-0.3, -0.25) is 15.0 Å². The number of benzene rings is 1. The van der Waals surface area contributed by atoms with Crippen molar-refractivity contribution in [3.05, 3.63) is 54.1 Å². The highest BCUT2D eigenvalue weighted by Gasteiger charge is 2.29. The zero-order chi connectivity index (χ0) is 32.4. The molecule has 0 saturated heterocycles. The molecule has 0 fully saturated rings. The number of carbonyl (C=O) groups is 4. The maximum Gasteiger partial charge on any atom is 0.419 e. The summed E-state index contributed by atoms with van der Waals surface area (Å²) in [5.41, 5.74) is 1.99. The molecule has 2 aromatic rings. The Bertz CT molecular complexity index is 1220. The van der Waals surface area contributed by atoms with Crippen molar-refractivity contribution in [3.8, 4) is 0 Å². The smallest absolute Gasteiger partial charge is 0.419 e. The molecule has 0 radical (unpaired) electrons. The van der Waals surface area contributed by atoms with Crippen molar-refractivity contribution in [3.63, 3.8) is 0 Å². The van der Waals surface area contributed by atoms with Gasteiger partial charge in [-0.2, -0.15) is 0 Å². The van der Waals surface area contributed by atoms with E-state index in [0.717, 1.165) is 5.56 Å². The normalized spacial score (nSPS) is 13.9. The van der Waals surface area contributed by atoms with Crippen LogP contribution in [0.1, 0.15) is 66.6 Å². The molecule has 1 aromatic heterocycles. The molecule has 1 heterocycles. The Balaban J connectivity index is 2.20. The highest BCUT2D eigenvalue weighted by atomic mass is 16.6. The first-order valence-corrected chi connectivity index (χ1v) is 14.3. The van der Waals surface area contributed by atoms with E-state index in [2.05, 4.69) is 26.4 Å². The summed E-state index contributed by atoms with van der Waals surface area (Å²) in [6.45, 7) is 14.8. The van der Waals surface area contributed by atoms with Gasteiger partial charge in [0.2, 0.25) is 5.91 Å². The number of hydrogen-bond acceptors (Lipinski definition) is 9. The number of imidazole rings is 1. The van der Waals surface area contributed by atoms with Crippen LogP contribution in [0.25, 0.3) is 0 Å². The van der Waals surface area contributed by atoms with Crippen LogP contribution in [-0.2, 0) is 31.9 Å². The number of hydrazine groups is 1. The monoisotopic (exact) mass is 601 g/mol. The van der Waals surface area contributed by atoms with Gasteiger partial charge < -0.3 is 25.4 Å². The average Bonchev–Trinajstić information content (AvgIpc) is 3.36. The standard InChI is InChI=1S/C30H47N7O6/c1-19(2)24(35-27(40)42-29(3,4)5)16-32-22(14-20-12-10-9-11-13-20)25(38)34-23(26(39)36-31)15-21-17-37(18-33-21)28(41)43-30(6,7)8/h9-13,17-19,22-24,32H,14-16,31H2,1-8H3,(H,34,38)(H,35,40)(H,36,39). The van der Waals surface area contributed by atoms with E-state index in [1.165, 1.54) is 17.1 Å². The SMILES string of the molecule is CC(C)C(CNC(Cc1ccccc1)C(=O)NC(Cc1cn(C(=O)OC(C)(C)C)cn1)C(=O)NN)NC(=O)OC(C)(C)C. The Morgan fingerprint density at radius 1 is 0.884 bits per heavy atom. The van der Waals surface area contributed by atoms with E-state index in [-0.39, 0.29) is 24.9 Å². The second-order valence-electron chi connectivity index (χ2n) is 12.7. The largest absolute Gasteiger partial charge is 0.444 e. The lowest BCUT2D eigenvalue weighted by atomic mass is 10.0. The summed E-state index contributed by atoms with van der Waals surface area (Å²) in [5, 5.41) is 8.90. The van der Waals surface area contributed by atoms with Crippen LogP contribution in [-0.4, -0.2) is 69.4 Å². The minimum absolute atomic E-state index is 0.0244. The highest BCUT2D eigenvalue weighted by Crippen LogP contribution is 2.12. The number of carbonyl (C=O) groups excluding carboxylic acids is 4. The third-order valence-electron chi connectivity index (χ3n) is 6.12. The van der Waals surface area contributed by atoms with Crippen molar-refractivity contribution < 1.29 is 28.7 Å². The predicted molar refractivity (Wildman–Crippen MR) is 162 cm³/mol. The number of nitrogens with zero attached hydrogens (tertiary/aromatic N) is 2. The molecule has 3 unspecified atom stereocenters. The molecule has 0 aliphatic carbocycles. The second-order valence-corrected chi connectivity index (χ2v) is 12.7. The first kappa shape index (κ1) is 35.2. The molecule has 3 amide bonds. The van der Waals surface area contributed by atoms with Crippen LogP contribution in [0.15, 0.2) is 42.9 Å². The van der Waals surface area contributed by atoms with Crippen molar-refractivity contribution in [2.24, 2.45) is 11.8 Å². The maximum atomic E-state index is 13.6. The highest BCUT2D eigenvalue weighted by molar-refractivity contribution is 5.90. The van der Waals surface area contributed by atoms with Crippen LogP contribution >= 0.6 is 0 Å². The fraction of sp³-hybridized carbons (Fsp3) is 0.567. The van der Waals surface area contributed by atoms with Gasteiger partial charge in [0.15, 0.2) is 0 Å². The molecular formula is C30H47N7O6. The van der Waals surface area contributed by atoms with Crippen LogP contribution in [0, 0.1) is 5.92 Å². The quantitative estimate of drug-likeness (QED) is 0.139. The number of hydrogen-bond donors (Lipinski definition) is 5. The molecule has 13 heteroatoms. The van der Waals surface area contributed by atoms with Crippen molar-refractivity contribution in [2.45, 2.75) is 97.6 Å². The van der Waals surface area contributed by atoms with Gasteiger partial charge in [-0.1, -0.05) is 44.2 Å². The molecular weight excluding hydrogens is 554 g/mol. The predicted octanol–water partition coefficient (Wildman–Crippen LogP) is 2.43. The summed E-state index contributed by atoms with van der Waals surface area (Å²) >= 11 is 0. The van der Waals surface area contributed by atoms with E-state index in [1.54, 1.807) is 41.5 Å². The van der Waals surface area contributed by atoms with E-state index in [9.17, 15) is 19.2 Å². The first-order valence-electron chi connectivity index (χ1n) is 14.3. The van der Waals surface area contributed by atoms with E-state index >= 15 is 0 Å². The second kappa shape index (κ2) is 15.5. The zero-order valence-corrected chi connectivity index (χ0v) is 26.4. The topological polar surface area (TPSA) is 179 Å². The molecule has 0 bridgehead atoms. The molecule has 0 saturated carbocycles. The first-order chi connectivity index (χ1) is 20.0. The summed E-state index contributed by atoms with van der Waals surface area (Å²) in [5.74, 6) is 4.36. The Kier molecular flexibility index (Phi) is 12.7. The van der Waals surface area contributed by atoms with Crippen molar-refractivity contribution in [1.29, 1.82) is 0 Å². The third kappa shape index (κ3) is 12.8. The summed E-state index contributed by atoms with van der Waals surface area (Å²) in [6.07, 6.45) is 1.83. The van der Waals surface area contributed by atoms with Crippen molar-refractivity contribution >= 4 is 24.0 Å². The lowest BCUT2D eigenvalue weighted by Gasteiger charge is -2.28. The molecule has 6 N–H and O–H groups in total. The Hall–Kier alpha value is -3.97. The number of ether oxygens (including phenoxy) is 2. The van der Waals surface area contributed by atoms with Crippen molar-refractivity contribution in [1.82, 2.24) is 30.9 Å². The van der Waals surface area contributed by atoms with E-state index in [1.807, 2.05) is 44.2 Å². The summed E-state index contributed by atoms with van der Waals surface area (Å²) in [4.78, 5) is 55.4. The van der Waals surface area contributed by atoms with Gasteiger partial charge in [0.1, 0.15) is 23.6 Å². The van der Waals surface area contributed by atoms with Crippen LogP contribution in [0.3, 0.4) is 0 Å². The average molecular weight is 602 g/mol.